The second-order valence-electron chi connectivity index (χ2n) is 4.77. The smallest absolute Gasteiger partial charge is 0.262 e. The third-order valence-corrected chi connectivity index (χ3v) is 4.41. The third-order valence-electron chi connectivity index (χ3n) is 3.32. The van der Waals surface area contributed by atoms with Gasteiger partial charge in [0.25, 0.3) is 5.91 Å². The Morgan fingerprint density at radius 2 is 1.95 bits per heavy atom. The number of rotatable bonds is 5. The first-order valence-corrected chi connectivity index (χ1v) is 7.59. The number of amides is 2. The van der Waals surface area contributed by atoms with Crippen LogP contribution in [0.2, 0.25) is 0 Å². The molecule has 2 aromatic rings. The van der Waals surface area contributed by atoms with Crippen LogP contribution < -0.4 is 11.1 Å². The van der Waals surface area contributed by atoms with Gasteiger partial charge < -0.3 is 11.1 Å². The van der Waals surface area contributed by atoms with Crippen molar-refractivity contribution in [1.29, 1.82) is 0 Å². The van der Waals surface area contributed by atoms with Crippen LogP contribution in [0.5, 0.6) is 0 Å². The van der Waals surface area contributed by atoms with E-state index in [1.807, 2.05) is 38.1 Å². The SMILES string of the molecule is CCc1cc(C(=O)N[C@@H](C(N)=O)c2ccccc2)sc1C. The van der Waals surface area contributed by atoms with E-state index in [0.717, 1.165) is 16.9 Å². The van der Waals surface area contributed by atoms with Crippen molar-refractivity contribution in [3.8, 4) is 0 Å². The van der Waals surface area contributed by atoms with Gasteiger partial charge in [-0.3, -0.25) is 9.59 Å². The Hall–Kier alpha value is -2.14. The molecular formula is C16H18N2O2S. The van der Waals surface area contributed by atoms with Gasteiger partial charge in [0.1, 0.15) is 6.04 Å². The average Bonchev–Trinajstić information content (AvgIpc) is 2.86. The molecule has 21 heavy (non-hydrogen) atoms. The number of nitrogens with one attached hydrogen (secondary N) is 1. The standard InChI is InChI=1S/C16H18N2O2S/c1-3-11-9-13(21-10(11)2)16(20)18-14(15(17)19)12-7-5-4-6-8-12/h4-9,14H,3H2,1-2H3,(H2,17,19)(H,18,20)/t14-/m1/s1. The van der Waals surface area contributed by atoms with E-state index in [-0.39, 0.29) is 5.91 Å². The van der Waals surface area contributed by atoms with Gasteiger partial charge in [0, 0.05) is 4.88 Å². The van der Waals surface area contributed by atoms with E-state index in [1.165, 1.54) is 11.3 Å². The largest absolute Gasteiger partial charge is 0.368 e. The fourth-order valence-corrected chi connectivity index (χ4v) is 3.17. The molecule has 110 valence electrons. The van der Waals surface area contributed by atoms with Crippen molar-refractivity contribution in [2.75, 3.05) is 0 Å². The van der Waals surface area contributed by atoms with Crippen LogP contribution in [0.4, 0.5) is 0 Å². The van der Waals surface area contributed by atoms with Crippen LogP contribution in [0.15, 0.2) is 36.4 Å². The van der Waals surface area contributed by atoms with E-state index < -0.39 is 11.9 Å². The number of aryl methyl sites for hydroxylation is 2. The molecule has 5 heteroatoms. The molecule has 1 aromatic heterocycles. The first-order valence-electron chi connectivity index (χ1n) is 6.77. The van der Waals surface area contributed by atoms with Crippen molar-refractivity contribution in [1.82, 2.24) is 5.32 Å². The number of primary amides is 1. The lowest BCUT2D eigenvalue weighted by Gasteiger charge is -2.15. The minimum Gasteiger partial charge on any atom is -0.368 e. The second kappa shape index (κ2) is 6.54. The van der Waals surface area contributed by atoms with Crippen LogP contribution in [0.25, 0.3) is 0 Å². The molecule has 2 amide bonds. The van der Waals surface area contributed by atoms with Crippen LogP contribution >= 0.6 is 11.3 Å². The third kappa shape index (κ3) is 3.49. The zero-order chi connectivity index (χ0) is 15.4. The number of hydrogen-bond acceptors (Lipinski definition) is 3. The topological polar surface area (TPSA) is 72.2 Å². The summed E-state index contributed by atoms with van der Waals surface area (Å²) in [5.74, 6) is -0.839. The van der Waals surface area contributed by atoms with Crippen LogP contribution in [-0.4, -0.2) is 11.8 Å². The molecule has 0 saturated carbocycles. The maximum Gasteiger partial charge on any atom is 0.262 e. The molecule has 0 saturated heterocycles. The van der Waals surface area contributed by atoms with Crippen molar-refractivity contribution >= 4 is 23.2 Å². The van der Waals surface area contributed by atoms with Crippen LogP contribution in [0, 0.1) is 6.92 Å². The summed E-state index contributed by atoms with van der Waals surface area (Å²) in [4.78, 5) is 25.6. The molecule has 0 radical (unpaired) electrons. The number of thiophene rings is 1. The molecule has 0 aliphatic heterocycles. The van der Waals surface area contributed by atoms with Crippen molar-refractivity contribution in [3.05, 3.63) is 57.3 Å². The van der Waals surface area contributed by atoms with Gasteiger partial charge in [-0.15, -0.1) is 11.3 Å². The minimum atomic E-state index is -0.814. The maximum atomic E-state index is 12.3. The molecule has 1 aromatic carbocycles. The predicted octanol–water partition coefficient (Wildman–Crippen LogP) is 2.58. The van der Waals surface area contributed by atoms with Gasteiger partial charge in [-0.1, -0.05) is 37.3 Å². The molecule has 0 bridgehead atoms. The number of carbonyl (C=O) groups is 2. The van der Waals surface area contributed by atoms with Crippen molar-refractivity contribution in [2.45, 2.75) is 26.3 Å². The molecule has 0 aliphatic carbocycles. The summed E-state index contributed by atoms with van der Waals surface area (Å²) < 4.78 is 0. The molecule has 3 N–H and O–H groups in total. The average molecular weight is 302 g/mol. The molecule has 2 rings (SSSR count). The van der Waals surface area contributed by atoms with E-state index in [1.54, 1.807) is 12.1 Å². The molecule has 0 spiro atoms. The van der Waals surface area contributed by atoms with Gasteiger partial charge in [-0.25, -0.2) is 0 Å². The van der Waals surface area contributed by atoms with E-state index >= 15 is 0 Å². The van der Waals surface area contributed by atoms with E-state index in [4.69, 9.17) is 5.73 Å². The monoisotopic (exact) mass is 302 g/mol. The maximum absolute atomic E-state index is 12.3. The summed E-state index contributed by atoms with van der Waals surface area (Å²) in [5.41, 5.74) is 7.24. The van der Waals surface area contributed by atoms with Gasteiger partial charge in [0.05, 0.1) is 4.88 Å². The molecule has 0 aliphatic rings. The number of hydrogen-bond donors (Lipinski definition) is 2. The highest BCUT2D eigenvalue weighted by atomic mass is 32.1. The predicted molar refractivity (Wildman–Crippen MR) is 84.3 cm³/mol. The van der Waals surface area contributed by atoms with E-state index in [0.29, 0.717) is 10.4 Å². The lowest BCUT2D eigenvalue weighted by Crippen LogP contribution is -2.37. The van der Waals surface area contributed by atoms with Gasteiger partial charge in [-0.2, -0.15) is 0 Å². The summed E-state index contributed by atoms with van der Waals surface area (Å²) in [5, 5.41) is 2.71. The molecule has 0 unspecified atom stereocenters. The van der Waals surface area contributed by atoms with Crippen LogP contribution in [-0.2, 0) is 11.2 Å². The van der Waals surface area contributed by atoms with Gasteiger partial charge >= 0.3 is 0 Å². The Labute approximate surface area is 128 Å². The Bertz CT molecular complexity index is 650. The summed E-state index contributed by atoms with van der Waals surface area (Å²) in [6.07, 6.45) is 0.882. The van der Waals surface area contributed by atoms with Crippen molar-refractivity contribution in [3.63, 3.8) is 0 Å². The highest BCUT2D eigenvalue weighted by Gasteiger charge is 2.22. The van der Waals surface area contributed by atoms with E-state index in [9.17, 15) is 9.59 Å². The number of nitrogens with two attached hydrogens (primary N) is 1. The Kier molecular flexibility index (Phi) is 4.75. The first kappa shape index (κ1) is 15.3. The zero-order valence-corrected chi connectivity index (χ0v) is 12.9. The molecule has 1 heterocycles. The highest BCUT2D eigenvalue weighted by molar-refractivity contribution is 7.14. The molecule has 1 atom stereocenters. The Morgan fingerprint density at radius 3 is 2.48 bits per heavy atom. The normalized spacial score (nSPS) is 11.9. The highest BCUT2D eigenvalue weighted by Crippen LogP contribution is 2.23. The van der Waals surface area contributed by atoms with Crippen LogP contribution in [0.1, 0.15) is 38.6 Å². The Morgan fingerprint density at radius 1 is 1.29 bits per heavy atom. The molecule has 4 nitrogen and oxygen atoms in total. The zero-order valence-electron chi connectivity index (χ0n) is 12.1. The summed E-state index contributed by atoms with van der Waals surface area (Å²) in [6, 6.07) is 10.1. The number of benzene rings is 1. The fourth-order valence-electron chi connectivity index (χ4n) is 2.15. The molecular weight excluding hydrogens is 284 g/mol. The van der Waals surface area contributed by atoms with Crippen LogP contribution in [0.3, 0.4) is 0 Å². The van der Waals surface area contributed by atoms with Gasteiger partial charge in [-0.05, 0) is 30.5 Å². The summed E-state index contributed by atoms with van der Waals surface area (Å²) in [7, 11) is 0. The lowest BCUT2D eigenvalue weighted by molar-refractivity contribution is -0.120. The van der Waals surface area contributed by atoms with Crippen molar-refractivity contribution < 1.29 is 9.59 Å². The number of carbonyl (C=O) groups excluding carboxylic acids is 2. The molecule has 0 fully saturated rings. The lowest BCUT2D eigenvalue weighted by atomic mass is 10.1. The van der Waals surface area contributed by atoms with Gasteiger partial charge in [0.15, 0.2) is 0 Å². The van der Waals surface area contributed by atoms with E-state index in [2.05, 4.69) is 5.32 Å². The fraction of sp³-hybridized carbons (Fsp3) is 0.250. The summed E-state index contributed by atoms with van der Waals surface area (Å²) >= 11 is 1.43. The first-order chi connectivity index (χ1) is 10.0. The second-order valence-corrected chi connectivity index (χ2v) is 6.02. The minimum absolute atomic E-state index is 0.268. The quantitative estimate of drug-likeness (QED) is 0.891. The van der Waals surface area contributed by atoms with Crippen molar-refractivity contribution in [2.24, 2.45) is 5.73 Å². The Balaban J connectivity index is 2.21. The van der Waals surface area contributed by atoms with Gasteiger partial charge in [0.2, 0.25) is 5.91 Å². The summed E-state index contributed by atoms with van der Waals surface area (Å²) in [6.45, 7) is 4.04.